The molecule has 0 aliphatic carbocycles. The van der Waals surface area contributed by atoms with E-state index in [2.05, 4.69) is 11.4 Å². The highest BCUT2D eigenvalue weighted by atomic mass is 35.5. The van der Waals surface area contributed by atoms with Crippen molar-refractivity contribution in [3.8, 4) is 5.75 Å². The predicted octanol–water partition coefficient (Wildman–Crippen LogP) is 3.31. The van der Waals surface area contributed by atoms with Crippen LogP contribution in [-0.2, 0) is 4.79 Å². The first-order valence-electron chi connectivity index (χ1n) is 7.83. The molecule has 0 spiro atoms. The Balaban J connectivity index is 0.00000288. The molecule has 2 aromatic rings. The quantitative estimate of drug-likeness (QED) is 0.806. The molecule has 3 N–H and O–H groups in total. The van der Waals surface area contributed by atoms with Gasteiger partial charge in [0.05, 0.1) is 13.0 Å². The highest BCUT2D eigenvalue weighted by Gasteiger charge is 2.08. The number of carbonyl (C=O) groups excluding carboxylic acids is 1. The van der Waals surface area contributed by atoms with Gasteiger partial charge in [-0.3, -0.25) is 4.79 Å². The van der Waals surface area contributed by atoms with Gasteiger partial charge in [-0.05, 0) is 31.0 Å². The van der Waals surface area contributed by atoms with E-state index in [0.717, 1.165) is 16.9 Å². The van der Waals surface area contributed by atoms with Crippen LogP contribution in [-0.4, -0.2) is 19.1 Å². The third-order valence-corrected chi connectivity index (χ3v) is 3.66. The minimum absolute atomic E-state index is 0. The van der Waals surface area contributed by atoms with E-state index in [1.54, 1.807) is 0 Å². The normalized spacial score (nSPS) is 11.3. The largest absolute Gasteiger partial charge is 0.493 e. The van der Waals surface area contributed by atoms with Gasteiger partial charge in [0.2, 0.25) is 5.91 Å². The van der Waals surface area contributed by atoms with Gasteiger partial charge in [0.25, 0.3) is 0 Å². The fourth-order valence-electron chi connectivity index (χ4n) is 2.35. The first-order valence-corrected chi connectivity index (χ1v) is 7.83. The number of amides is 1. The van der Waals surface area contributed by atoms with Gasteiger partial charge in [-0.15, -0.1) is 12.4 Å². The fraction of sp³-hybridized carbons (Fsp3) is 0.316. The molecule has 1 atom stereocenters. The number of aryl methyl sites for hydroxylation is 2. The summed E-state index contributed by atoms with van der Waals surface area (Å²) in [6.45, 7) is 4.82. The summed E-state index contributed by atoms with van der Waals surface area (Å²) in [5, 5.41) is 2.85. The zero-order chi connectivity index (χ0) is 16.7. The average molecular weight is 349 g/mol. The molecule has 2 rings (SSSR count). The van der Waals surface area contributed by atoms with E-state index in [0.29, 0.717) is 19.6 Å². The monoisotopic (exact) mass is 348 g/mol. The van der Waals surface area contributed by atoms with Crippen LogP contribution in [0, 0.1) is 13.8 Å². The van der Waals surface area contributed by atoms with E-state index in [9.17, 15) is 4.79 Å². The maximum Gasteiger partial charge on any atom is 0.223 e. The molecular weight excluding hydrogens is 324 g/mol. The summed E-state index contributed by atoms with van der Waals surface area (Å²) < 4.78 is 5.66. The SMILES string of the molecule is Cc1ccc(OCCC(=O)NCC(N)c2ccccc2)c(C)c1.Cl. The maximum absolute atomic E-state index is 11.9. The summed E-state index contributed by atoms with van der Waals surface area (Å²) in [6, 6.07) is 15.5. The van der Waals surface area contributed by atoms with Crippen molar-refractivity contribution >= 4 is 18.3 Å². The van der Waals surface area contributed by atoms with Crippen LogP contribution in [0.3, 0.4) is 0 Å². The zero-order valence-corrected chi connectivity index (χ0v) is 14.9. The van der Waals surface area contributed by atoms with E-state index in [4.69, 9.17) is 10.5 Å². The summed E-state index contributed by atoms with van der Waals surface area (Å²) in [5.41, 5.74) is 9.34. The van der Waals surface area contributed by atoms with Crippen molar-refractivity contribution in [2.75, 3.05) is 13.2 Å². The lowest BCUT2D eigenvalue weighted by atomic mass is 10.1. The van der Waals surface area contributed by atoms with Crippen molar-refractivity contribution in [2.24, 2.45) is 5.73 Å². The number of rotatable bonds is 7. The van der Waals surface area contributed by atoms with Crippen LogP contribution < -0.4 is 15.8 Å². The standard InChI is InChI=1S/C19H24N2O2.ClH/c1-14-8-9-18(15(2)12-14)23-11-10-19(22)21-13-17(20)16-6-4-3-5-7-16;/h3-9,12,17H,10-11,13,20H2,1-2H3,(H,21,22);1H. The second-order valence-corrected chi connectivity index (χ2v) is 5.69. The molecule has 4 nitrogen and oxygen atoms in total. The molecule has 0 heterocycles. The summed E-state index contributed by atoms with van der Waals surface area (Å²) >= 11 is 0. The summed E-state index contributed by atoms with van der Waals surface area (Å²) in [6.07, 6.45) is 0.314. The summed E-state index contributed by atoms with van der Waals surface area (Å²) in [5.74, 6) is 0.769. The van der Waals surface area contributed by atoms with E-state index in [1.807, 2.05) is 56.3 Å². The molecule has 0 radical (unpaired) electrons. The number of carbonyl (C=O) groups is 1. The number of nitrogens with two attached hydrogens (primary N) is 1. The number of hydrogen-bond donors (Lipinski definition) is 2. The Labute approximate surface area is 149 Å². The lowest BCUT2D eigenvalue weighted by Crippen LogP contribution is -2.32. The Morgan fingerprint density at radius 1 is 1.17 bits per heavy atom. The Bertz CT molecular complexity index is 647. The molecule has 0 saturated heterocycles. The molecule has 0 aromatic heterocycles. The summed E-state index contributed by atoms with van der Waals surface area (Å²) in [7, 11) is 0. The minimum atomic E-state index is -0.194. The van der Waals surface area contributed by atoms with Gasteiger partial charge in [-0.25, -0.2) is 0 Å². The lowest BCUT2D eigenvalue weighted by molar-refractivity contribution is -0.121. The molecule has 1 amide bonds. The topological polar surface area (TPSA) is 64.3 Å². The van der Waals surface area contributed by atoms with Gasteiger partial charge in [-0.2, -0.15) is 0 Å². The minimum Gasteiger partial charge on any atom is -0.493 e. The van der Waals surface area contributed by atoms with Gasteiger partial charge in [0, 0.05) is 12.6 Å². The van der Waals surface area contributed by atoms with Gasteiger partial charge >= 0.3 is 0 Å². The van der Waals surface area contributed by atoms with E-state index in [-0.39, 0.29) is 24.4 Å². The van der Waals surface area contributed by atoms with Gasteiger partial charge < -0.3 is 15.8 Å². The number of ether oxygens (including phenoxy) is 1. The van der Waals surface area contributed by atoms with Crippen LogP contribution in [0.4, 0.5) is 0 Å². The number of hydrogen-bond acceptors (Lipinski definition) is 3. The van der Waals surface area contributed by atoms with Crippen molar-refractivity contribution in [1.82, 2.24) is 5.32 Å². The third kappa shape index (κ3) is 6.22. The number of benzene rings is 2. The van der Waals surface area contributed by atoms with Crippen LogP contribution >= 0.6 is 12.4 Å². The van der Waals surface area contributed by atoms with E-state index >= 15 is 0 Å². The molecule has 0 saturated carbocycles. The molecule has 24 heavy (non-hydrogen) atoms. The molecule has 130 valence electrons. The van der Waals surface area contributed by atoms with E-state index < -0.39 is 0 Å². The Hall–Kier alpha value is -2.04. The lowest BCUT2D eigenvalue weighted by Gasteiger charge is -2.13. The van der Waals surface area contributed by atoms with Gasteiger partial charge in [-0.1, -0.05) is 48.0 Å². The predicted molar refractivity (Wildman–Crippen MR) is 99.7 cm³/mol. The zero-order valence-electron chi connectivity index (χ0n) is 14.1. The molecule has 2 aromatic carbocycles. The Kier molecular flexibility index (Phi) is 8.30. The molecular formula is C19H25ClN2O2. The third-order valence-electron chi connectivity index (χ3n) is 3.66. The molecule has 5 heteroatoms. The van der Waals surface area contributed by atoms with Crippen LogP contribution in [0.25, 0.3) is 0 Å². The number of nitrogens with one attached hydrogen (secondary N) is 1. The maximum atomic E-state index is 11.9. The van der Waals surface area contributed by atoms with Crippen LogP contribution in [0.5, 0.6) is 5.75 Å². The van der Waals surface area contributed by atoms with Crippen molar-refractivity contribution in [1.29, 1.82) is 0 Å². The van der Waals surface area contributed by atoms with Gasteiger partial charge in [0.15, 0.2) is 0 Å². The Morgan fingerprint density at radius 3 is 2.54 bits per heavy atom. The second-order valence-electron chi connectivity index (χ2n) is 5.69. The first-order chi connectivity index (χ1) is 11.1. The molecule has 0 aliphatic rings. The fourth-order valence-corrected chi connectivity index (χ4v) is 2.35. The first kappa shape index (κ1) is 20.0. The average Bonchev–Trinajstić information content (AvgIpc) is 2.55. The Morgan fingerprint density at radius 2 is 1.88 bits per heavy atom. The summed E-state index contributed by atoms with van der Waals surface area (Å²) in [4.78, 5) is 11.9. The van der Waals surface area contributed by atoms with Crippen molar-refractivity contribution < 1.29 is 9.53 Å². The van der Waals surface area contributed by atoms with Crippen LogP contribution in [0.15, 0.2) is 48.5 Å². The number of halogens is 1. The molecule has 0 fully saturated rings. The highest BCUT2D eigenvalue weighted by Crippen LogP contribution is 2.18. The van der Waals surface area contributed by atoms with Gasteiger partial charge in [0.1, 0.15) is 5.75 Å². The van der Waals surface area contributed by atoms with E-state index in [1.165, 1.54) is 5.56 Å². The molecule has 0 aliphatic heterocycles. The molecule has 0 bridgehead atoms. The van der Waals surface area contributed by atoms with Crippen molar-refractivity contribution in [3.05, 3.63) is 65.2 Å². The highest BCUT2D eigenvalue weighted by molar-refractivity contribution is 5.85. The second kappa shape index (κ2) is 9.96. The van der Waals surface area contributed by atoms with Crippen molar-refractivity contribution in [3.63, 3.8) is 0 Å². The van der Waals surface area contributed by atoms with Crippen molar-refractivity contribution in [2.45, 2.75) is 26.3 Å². The van der Waals surface area contributed by atoms with Crippen LogP contribution in [0.2, 0.25) is 0 Å². The smallest absolute Gasteiger partial charge is 0.223 e. The van der Waals surface area contributed by atoms with Crippen LogP contribution in [0.1, 0.15) is 29.2 Å². The molecule has 1 unspecified atom stereocenters.